The van der Waals surface area contributed by atoms with Crippen LogP contribution in [0.15, 0.2) is 0 Å². The number of carbonyl (C=O) groups is 2. The van der Waals surface area contributed by atoms with Crippen molar-refractivity contribution in [1.29, 1.82) is 0 Å². The second-order valence-corrected chi connectivity index (χ2v) is 4.57. The van der Waals surface area contributed by atoms with Gasteiger partial charge in [0.1, 0.15) is 0 Å². The molecule has 0 atom stereocenters. The van der Waals surface area contributed by atoms with Crippen LogP contribution in [0.2, 0.25) is 0 Å². The van der Waals surface area contributed by atoms with E-state index < -0.39 is 11.6 Å². The van der Waals surface area contributed by atoms with E-state index in [4.69, 9.17) is 9.84 Å². The number of ether oxygens (including phenoxy) is 1. The summed E-state index contributed by atoms with van der Waals surface area (Å²) in [5, 5.41) is 21.1. The first-order chi connectivity index (χ1) is 8.43. The van der Waals surface area contributed by atoms with Gasteiger partial charge in [0.2, 0.25) is 0 Å². The molecule has 0 aromatic carbocycles. The summed E-state index contributed by atoms with van der Waals surface area (Å²) >= 11 is 0. The highest BCUT2D eigenvalue weighted by Crippen LogP contribution is 2.21. The Morgan fingerprint density at radius 2 is 2.00 bits per heavy atom. The average molecular weight is 260 g/mol. The van der Waals surface area contributed by atoms with Crippen molar-refractivity contribution in [1.82, 2.24) is 10.2 Å². The van der Waals surface area contributed by atoms with Crippen LogP contribution in [0.25, 0.3) is 0 Å². The normalized spacial score (nSPS) is 18.1. The number of hydrogen-bond acceptors (Lipinski definition) is 4. The molecule has 1 aliphatic heterocycles. The molecule has 2 amide bonds. The number of hydrogen-bond donors (Lipinski definition) is 3. The highest BCUT2D eigenvalue weighted by Gasteiger charge is 2.32. The molecule has 1 fully saturated rings. The predicted molar refractivity (Wildman–Crippen MR) is 63.3 cm³/mol. The second-order valence-electron chi connectivity index (χ2n) is 4.57. The first kappa shape index (κ1) is 14.7. The summed E-state index contributed by atoms with van der Waals surface area (Å²) in [5.41, 5.74) is -0.906. The number of nitrogens with zero attached hydrogens (tertiary/aromatic N) is 1. The van der Waals surface area contributed by atoms with Crippen LogP contribution in [-0.4, -0.2) is 66.1 Å². The van der Waals surface area contributed by atoms with Crippen LogP contribution in [0.3, 0.4) is 0 Å². The van der Waals surface area contributed by atoms with Crippen LogP contribution >= 0.6 is 0 Å². The summed E-state index contributed by atoms with van der Waals surface area (Å²) in [4.78, 5) is 23.3. The zero-order valence-corrected chi connectivity index (χ0v) is 10.5. The van der Waals surface area contributed by atoms with E-state index in [1.165, 1.54) is 4.90 Å². The Morgan fingerprint density at radius 3 is 2.56 bits per heavy atom. The Kier molecular flexibility index (Phi) is 5.36. The Hall–Kier alpha value is -1.34. The standard InChI is InChI=1S/C11H20N2O5/c1-13(10(16)12-5-2-9(14)15)8-11(17)3-6-18-7-4-11/h17H,2-8H2,1H3,(H,12,16)(H,14,15). The molecule has 0 bridgehead atoms. The maximum atomic E-state index is 11.6. The molecular weight excluding hydrogens is 240 g/mol. The molecule has 1 aliphatic rings. The van der Waals surface area contributed by atoms with Gasteiger partial charge in [-0.2, -0.15) is 0 Å². The third-order valence-electron chi connectivity index (χ3n) is 2.92. The number of rotatable bonds is 5. The van der Waals surface area contributed by atoms with Gasteiger partial charge in [-0.1, -0.05) is 0 Å². The number of aliphatic hydroxyl groups is 1. The lowest BCUT2D eigenvalue weighted by atomic mass is 9.94. The van der Waals surface area contributed by atoms with Crippen molar-refractivity contribution in [3.8, 4) is 0 Å². The van der Waals surface area contributed by atoms with Gasteiger partial charge in [0.05, 0.1) is 18.6 Å². The monoisotopic (exact) mass is 260 g/mol. The zero-order chi connectivity index (χ0) is 13.6. The topological polar surface area (TPSA) is 99.1 Å². The van der Waals surface area contributed by atoms with Crippen LogP contribution in [0, 0.1) is 0 Å². The van der Waals surface area contributed by atoms with Gasteiger partial charge in [0, 0.05) is 39.6 Å². The summed E-state index contributed by atoms with van der Waals surface area (Å²) in [6.45, 7) is 1.28. The van der Waals surface area contributed by atoms with E-state index in [1.54, 1.807) is 7.05 Å². The minimum Gasteiger partial charge on any atom is -0.481 e. The van der Waals surface area contributed by atoms with Gasteiger partial charge in [-0.15, -0.1) is 0 Å². The third kappa shape index (κ3) is 4.89. The molecule has 7 heteroatoms. The molecule has 0 radical (unpaired) electrons. The lowest BCUT2D eigenvalue weighted by Gasteiger charge is -2.35. The van der Waals surface area contributed by atoms with Gasteiger partial charge in [-0.25, -0.2) is 4.79 Å². The molecule has 7 nitrogen and oxygen atoms in total. The molecule has 0 saturated carbocycles. The van der Waals surface area contributed by atoms with Crippen molar-refractivity contribution >= 4 is 12.0 Å². The quantitative estimate of drug-likeness (QED) is 0.627. The van der Waals surface area contributed by atoms with Crippen LogP contribution in [-0.2, 0) is 9.53 Å². The molecule has 3 N–H and O–H groups in total. The maximum Gasteiger partial charge on any atom is 0.317 e. The fraction of sp³-hybridized carbons (Fsp3) is 0.818. The molecule has 104 valence electrons. The Balaban J connectivity index is 2.32. The van der Waals surface area contributed by atoms with E-state index in [0.29, 0.717) is 26.1 Å². The summed E-state index contributed by atoms with van der Waals surface area (Å²) in [6, 6.07) is -0.379. The molecule has 1 rings (SSSR count). The van der Waals surface area contributed by atoms with Crippen LogP contribution in [0.1, 0.15) is 19.3 Å². The second kappa shape index (κ2) is 6.55. The van der Waals surface area contributed by atoms with Crippen LogP contribution in [0.4, 0.5) is 4.79 Å². The number of carbonyl (C=O) groups excluding carboxylic acids is 1. The highest BCUT2D eigenvalue weighted by atomic mass is 16.5. The molecule has 1 heterocycles. The van der Waals surface area contributed by atoms with E-state index >= 15 is 0 Å². The largest absolute Gasteiger partial charge is 0.481 e. The fourth-order valence-electron chi connectivity index (χ4n) is 1.83. The van der Waals surface area contributed by atoms with Gasteiger partial charge in [0.25, 0.3) is 0 Å². The van der Waals surface area contributed by atoms with Crippen LogP contribution in [0.5, 0.6) is 0 Å². The number of urea groups is 1. The van der Waals surface area contributed by atoms with Crippen molar-refractivity contribution in [2.75, 3.05) is 33.4 Å². The third-order valence-corrected chi connectivity index (χ3v) is 2.92. The number of aliphatic carboxylic acids is 1. The molecular formula is C11H20N2O5. The molecule has 0 aromatic rings. The van der Waals surface area contributed by atoms with E-state index in [9.17, 15) is 14.7 Å². The summed E-state index contributed by atoms with van der Waals surface area (Å²) < 4.78 is 5.15. The molecule has 0 aliphatic carbocycles. The fourth-order valence-corrected chi connectivity index (χ4v) is 1.83. The Labute approximate surface area is 106 Å². The predicted octanol–water partition coefficient (Wildman–Crippen LogP) is -0.356. The van der Waals surface area contributed by atoms with Gasteiger partial charge in [0.15, 0.2) is 0 Å². The Morgan fingerprint density at radius 1 is 1.39 bits per heavy atom. The first-order valence-corrected chi connectivity index (χ1v) is 5.94. The lowest BCUT2D eigenvalue weighted by molar-refractivity contribution is -0.136. The molecule has 0 unspecified atom stereocenters. The number of amides is 2. The van der Waals surface area contributed by atoms with E-state index in [1.807, 2.05) is 0 Å². The van der Waals surface area contributed by atoms with Gasteiger partial charge in [-0.05, 0) is 0 Å². The number of carboxylic acids is 1. The van der Waals surface area contributed by atoms with Crippen molar-refractivity contribution in [3.63, 3.8) is 0 Å². The Bertz CT molecular complexity index is 302. The number of carboxylic acid groups (broad SMARTS) is 1. The van der Waals surface area contributed by atoms with E-state index in [-0.39, 0.29) is 25.5 Å². The van der Waals surface area contributed by atoms with Crippen LogP contribution < -0.4 is 5.32 Å². The SMILES string of the molecule is CN(CC1(O)CCOCC1)C(=O)NCCC(=O)O. The van der Waals surface area contributed by atoms with Gasteiger partial charge < -0.3 is 25.2 Å². The van der Waals surface area contributed by atoms with Gasteiger partial charge in [-0.3, -0.25) is 4.79 Å². The maximum absolute atomic E-state index is 11.6. The highest BCUT2D eigenvalue weighted by molar-refractivity contribution is 5.75. The smallest absolute Gasteiger partial charge is 0.317 e. The summed E-state index contributed by atoms with van der Waals surface area (Å²) in [6.07, 6.45) is 0.886. The molecule has 0 aromatic heterocycles. The number of nitrogens with one attached hydrogen (secondary N) is 1. The first-order valence-electron chi connectivity index (χ1n) is 5.94. The minimum atomic E-state index is -0.957. The van der Waals surface area contributed by atoms with Crippen molar-refractivity contribution in [2.45, 2.75) is 24.9 Å². The number of likely N-dealkylation sites (N-methyl/N-ethyl adjacent to an activating group) is 1. The molecule has 1 saturated heterocycles. The summed E-state index contributed by atoms with van der Waals surface area (Å²) in [7, 11) is 1.57. The van der Waals surface area contributed by atoms with E-state index in [2.05, 4.69) is 5.32 Å². The lowest BCUT2D eigenvalue weighted by Crippen LogP contribution is -2.50. The zero-order valence-electron chi connectivity index (χ0n) is 10.5. The average Bonchev–Trinajstić information content (AvgIpc) is 2.28. The van der Waals surface area contributed by atoms with Gasteiger partial charge >= 0.3 is 12.0 Å². The summed E-state index contributed by atoms with van der Waals surface area (Å²) in [5.74, 6) is -0.957. The van der Waals surface area contributed by atoms with Crippen molar-refractivity contribution in [3.05, 3.63) is 0 Å². The van der Waals surface area contributed by atoms with Crippen molar-refractivity contribution < 1.29 is 24.5 Å². The molecule has 18 heavy (non-hydrogen) atoms. The van der Waals surface area contributed by atoms with Crippen molar-refractivity contribution in [2.24, 2.45) is 0 Å². The molecule has 0 spiro atoms. The van der Waals surface area contributed by atoms with E-state index in [0.717, 1.165) is 0 Å². The minimum absolute atomic E-state index is 0.0834.